The van der Waals surface area contributed by atoms with E-state index in [4.69, 9.17) is 5.73 Å². The van der Waals surface area contributed by atoms with Crippen LogP contribution in [0.5, 0.6) is 0 Å². The summed E-state index contributed by atoms with van der Waals surface area (Å²) in [6.07, 6.45) is 2.84. The van der Waals surface area contributed by atoms with Crippen molar-refractivity contribution in [3.05, 3.63) is 47.7 Å². The molecule has 0 aliphatic heterocycles. The Kier molecular flexibility index (Phi) is 3.51. The Morgan fingerprint density at radius 1 is 1.17 bits per heavy atom. The molecular weight excluding hydrogens is 222 g/mol. The van der Waals surface area contributed by atoms with Gasteiger partial charge >= 0.3 is 0 Å². The Bertz CT molecular complexity index is 532. The van der Waals surface area contributed by atoms with Crippen molar-refractivity contribution in [2.24, 2.45) is 0 Å². The zero-order chi connectivity index (χ0) is 13.1. The highest BCUT2D eigenvalue weighted by molar-refractivity contribution is 5.72. The smallest absolute Gasteiger partial charge is 0.156 e. The van der Waals surface area contributed by atoms with E-state index in [0.29, 0.717) is 0 Å². The number of rotatable bonds is 3. The van der Waals surface area contributed by atoms with Crippen LogP contribution in [0.15, 0.2) is 36.5 Å². The van der Waals surface area contributed by atoms with Crippen LogP contribution in [-0.4, -0.2) is 12.0 Å². The van der Waals surface area contributed by atoms with Gasteiger partial charge in [0.2, 0.25) is 0 Å². The molecule has 0 atom stereocenters. The molecule has 2 N–H and O–H groups in total. The Morgan fingerprint density at radius 2 is 1.83 bits per heavy atom. The first kappa shape index (κ1) is 12.4. The molecule has 0 radical (unpaired) electrons. The molecule has 2 rings (SSSR count). The van der Waals surface area contributed by atoms with Crippen LogP contribution in [0.3, 0.4) is 0 Å². The van der Waals surface area contributed by atoms with Crippen LogP contribution >= 0.6 is 0 Å². The summed E-state index contributed by atoms with van der Waals surface area (Å²) in [5.41, 5.74) is 10.3. The molecule has 0 amide bonds. The molecule has 18 heavy (non-hydrogen) atoms. The van der Waals surface area contributed by atoms with Gasteiger partial charge in [-0.3, -0.25) is 0 Å². The summed E-state index contributed by atoms with van der Waals surface area (Å²) in [7, 11) is 1.99. The third-order valence-electron chi connectivity index (χ3n) is 3.24. The Balaban J connectivity index is 2.35. The van der Waals surface area contributed by atoms with Gasteiger partial charge in [0.15, 0.2) is 5.82 Å². The van der Waals surface area contributed by atoms with E-state index in [1.807, 2.05) is 24.9 Å². The molecule has 3 heteroatoms. The van der Waals surface area contributed by atoms with E-state index in [1.54, 1.807) is 6.20 Å². The van der Waals surface area contributed by atoms with Gasteiger partial charge in [-0.2, -0.15) is 0 Å². The molecule has 0 saturated carbocycles. The second kappa shape index (κ2) is 5.08. The summed E-state index contributed by atoms with van der Waals surface area (Å²) in [4.78, 5) is 6.37. The molecule has 1 aromatic carbocycles. The molecule has 1 aromatic heterocycles. The van der Waals surface area contributed by atoms with Crippen LogP contribution in [0.2, 0.25) is 0 Å². The lowest BCUT2D eigenvalue weighted by atomic mass is 10.1. The molecule has 0 bridgehead atoms. The van der Waals surface area contributed by atoms with Gasteiger partial charge < -0.3 is 10.6 Å². The average Bonchev–Trinajstić information content (AvgIpc) is 2.41. The lowest BCUT2D eigenvalue weighted by molar-refractivity contribution is 1.10. The summed E-state index contributed by atoms with van der Waals surface area (Å²) in [6, 6.07) is 10.4. The predicted molar refractivity (Wildman–Crippen MR) is 77.3 cm³/mol. The number of aryl methyl sites for hydroxylation is 2. The fraction of sp³-hybridized carbons (Fsp3) is 0.267. The molecule has 0 aliphatic carbocycles. The normalized spacial score (nSPS) is 10.4. The minimum absolute atomic E-state index is 0.736. The number of nitrogen functional groups attached to an aromatic ring is 1. The summed E-state index contributed by atoms with van der Waals surface area (Å²) >= 11 is 0. The van der Waals surface area contributed by atoms with Crippen LogP contribution in [0.25, 0.3) is 0 Å². The molecule has 0 saturated heterocycles. The third kappa shape index (κ3) is 2.30. The van der Waals surface area contributed by atoms with Crippen LogP contribution in [0.4, 0.5) is 17.2 Å². The molecule has 3 nitrogen and oxygen atoms in total. The third-order valence-corrected chi connectivity index (χ3v) is 3.24. The Hall–Kier alpha value is -2.03. The number of aromatic nitrogens is 1. The summed E-state index contributed by atoms with van der Waals surface area (Å²) in [6.45, 7) is 4.15. The second-order valence-corrected chi connectivity index (χ2v) is 4.44. The topological polar surface area (TPSA) is 42.2 Å². The number of pyridine rings is 1. The minimum Gasteiger partial charge on any atom is -0.396 e. The largest absolute Gasteiger partial charge is 0.396 e. The quantitative estimate of drug-likeness (QED) is 0.896. The van der Waals surface area contributed by atoms with Crippen molar-refractivity contribution in [3.63, 3.8) is 0 Å². The van der Waals surface area contributed by atoms with Gasteiger partial charge in [-0.05, 0) is 42.7 Å². The summed E-state index contributed by atoms with van der Waals surface area (Å²) in [5, 5.41) is 0. The minimum atomic E-state index is 0.736. The number of hydrogen-bond donors (Lipinski definition) is 1. The van der Waals surface area contributed by atoms with E-state index in [9.17, 15) is 0 Å². The van der Waals surface area contributed by atoms with Crippen LogP contribution in [-0.2, 0) is 6.42 Å². The van der Waals surface area contributed by atoms with Gasteiger partial charge in [-0.1, -0.05) is 19.1 Å². The fourth-order valence-corrected chi connectivity index (χ4v) is 1.90. The van der Waals surface area contributed by atoms with E-state index in [1.165, 1.54) is 5.56 Å². The SMILES string of the molecule is CCc1ccc(N(C)c2nccc(C)c2N)cc1. The first-order valence-corrected chi connectivity index (χ1v) is 6.17. The standard InChI is InChI=1S/C15H19N3/c1-4-12-5-7-13(8-6-12)18(3)15-14(16)11(2)9-10-17-15/h5-10H,4,16H2,1-3H3. The highest BCUT2D eigenvalue weighted by atomic mass is 15.2. The van der Waals surface area contributed by atoms with Crippen molar-refractivity contribution >= 4 is 17.2 Å². The summed E-state index contributed by atoms with van der Waals surface area (Å²) < 4.78 is 0. The Labute approximate surface area is 108 Å². The van der Waals surface area contributed by atoms with Crippen molar-refractivity contribution in [2.75, 3.05) is 17.7 Å². The molecule has 0 spiro atoms. The monoisotopic (exact) mass is 241 g/mol. The maximum Gasteiger partial charge on any atom is 0.156 e. The number of benzene rings is 1. The van der Waals surface area contributed by atoms with Crippen LogP contribution < -0.4 is 10.6 Å². The first-order chi connectivity index (χ1) is 8.63. The van der Waals surface area contributed by atoms with E-state index in [-0.39, 0.29) is 0 Å². The molecule has 0 unspecified atom stereocenters. The maximum absolute atomic E-state index is 6.07. The van der Waals surface area contributed by atoms with Crippen molar-refractivity contribution in [2.45, 2.75) is 20.3 Å². The number of nitrogens with two attached hydrogens (primary N) is 1. The number of anilines is 3. The molecule has 2 aromatic rings. The van der Waals surface area contributed by atoms with Crippen molar-refractivity contribution in [1.29, 1.82) is 0 Å². The lowest BCUT2D eigenvalue weighted by Gasteiger charge is -2.21. The molecule has 94 valence electrons. The maximum atomic E-state index is 6.07. The summed E-state index contributed by atoms with van der Waals surface area (Å²) in [5.74, 6) is 0.805. The van der Waals surface area contributed by atoms with E-state index < -0.39 is 0 Å². The highest BCUT2D eigenvalue weighted by Gasteiger charge is 2.10. The van der Waals surface area contributed by atoms with Gasteiger partial charge in [0, 0.05) is 18.9 Å². The van der Waals surface area contributed by atoms with Gasteiger partial charge in [0.25, 0.3) is 0 Å². The lowest BCUT2D eigenvalue weighted by Crippen LogP contribution is -2.14. The zero-order valence-corrected chi connectivity index (χ0v) is 11.1. The van der Waals surface area contributed by atoms with E-state index in [0.717, 1.165) is 29.2 Å². The molecule has 1 heterocycles. The molecule has 0 fully saturated rings. The average molecular weight is 241 g/mol. The van der Waals surface area contributed by atoms with Crippen LogP contribution in [0, 0.1) is 6.92 Å². The number of nitrogens with zero attached hydrogens (tertiary/aromatic N) is 2. The van der Waals surface area contributed by atoms with E-state index in [2.05, 4.69) is 36.2 Å². The predicted octanol–water partition coefficient (Wildman–Crippen LogP) is 3.30. The highest BCUT2D eigenvalue weighted by Crippen LogP contribution is 2.28. The number of hydrogen-bond acceptors (Lipinski definition) is 3. The van der Waals surface area contributed by atoms with Crippen LogP contribution in [0.1, 0.15) is 18.1 Å². The van der Waals surface area contributed by atoms with Gasteiger partial charge in [-0.25, -0.2) is 4.98 Å². The molecule has 0 aliphatic rings. The van der Waals surface area contributed by atoms with Gasteiger partial charge in [0.1, 0.15) is 0 Å². The zero-order valence-electron chi connectivity index (χ0n) is 11.1. The second-order valence-electron chi connectivity index (χ2n) is 4.44. The van der Waals surface area contributed by atoms with E-state index >= 15 is 0 Å². The first-order valence-electron chi connectivity index (χ1n) is 6.17. The van der Waals surface area contributed by atoms with Crippen molar-refractivity contribution in [1.82, 2.24) is 4.98 Å². The van der Waals surface area contributed by atoms with Crippen molar-refractivity contribution < 1.29 is 0 Å². The molecular formula is C15H19N3. The fourth-order valence-electron chi connectivity index (χ4n) is 1.90. The van der Waals surface area contributed by atoms with Gasteiger partial charge in [-0.15, -0.1) is 0 Å². The van der Waals surface area contributed by atoms with Gasteiger partial charge in [0.05, 0.1) is 5.69 Å². The van der Waals surface area contributed by atoms with Crippen molar-refractivity contribution in [3.8, 4) is 0 Å². The Morgan fingerprint density at radius 3 is 2.44 bits per heavy atom.